The lowest BCUT2D eigenvalue weighted by Gasteiger charge is -2.08. The summed E-state index contributed by atoms with van der Waals surface area (Å²) in [7, 11) is 0. The Balaban J connectivity index is 2.04. The van der Waals surface area contributed by atoms with Gasteiger partial charge in [0, 0.05) is 30.4 Å². The van der Waals surface area contributed by atoms with Gasteiger partial charge < -0.3 is 10.6 Å². The zero-order valence-electron chi connectivity index (χ0n) is 9.25. The first kappa shape index (κ1) is 12.2. The van der Waals surface area contributed by atoms with Crippen molar-refractivity contribution in [2.75, 3.05) is 6.54 Å². The molecule has 2 N–H and O–H groups in total. The van der Waals surface area contributed by atoms with Crippen LogP contribution in [0.25, 0.3) is 0 Å². The van der Waals surface area contributed by atoms with Crippen molar-refractivity contribution in [1.29, 1.82) is 0 Å². The van der Waals surface area contributed by atoms with Gasteiger partial charge in [0.1, 0.15) is 0 Å². The van der Waals surface area contributed by atoms with Crippen LogP contribution in [0, 0.1) is 0 Å². The lowest BCUT2D eigenvalue weighted by molar-refractivity contribution is -0.121. The van der Waals surface area contributed by atoms with E-state index in [1.165, 1.54) is 4.88 Å². The van der Waals surface area contributed by atoms with Gasteiger partial charge in [0.15, 0.2) is 0 Å². The molecule has 1 amide bonds. The first-order valence-corrected chi connectivity index (χ1v) is 6.09. The molecule has 1 rings (SSSR count). The minimum absolute atomic E-state index is 0.115. The Labute approximate surface area is 94.9 Å². The minimum atomic E-state index is 0.115. The maximum atomic E-state index is 11.3. The van der Waals surface area contributed by atoms with Gasteiger partial charge >= 0.3 is 0 Å². The highest BCUT2D eigenvalue weighted by molar-refractivity contribution is 7.09. The highest BCUT2D eigenvalue weighted by Crippen LogP contribution is 2.06. The van der Waals surface area contributed by atoms with E-state index in [9.17, 15) is 4.79 Å². The molecule has 0 unspecified atom stereocenters. The Kier molecular flexibility index (Phi) is 5.36. The van der Waals surface area contributed by atoms with Crippen LogP contribution in [0.1, 0.15) is 25.1 Å². The van der Waals surface area contributed by atoms with Gasteiger partial charge in [-0.1, -0.05) is 6.07 Å². The monoisotopic (exact) mass is 226 g/mol. The fraction of sp³-hybridized carbons (Fsp3) is 0.545. The van der Waals surface area contributed by atoms with Crippen molar-refractivity contribution < 1.29 is 4.79 Å². The number of hydrogen-bond donors (Lipinski definition) is 2. The summed E-state index contributed by atoms with van der Waals surface area (Å²) >= 11 is 1.73. The van der Waals surface area contributed by atoms with E-state index in [2.05, 4.69) is 22.1 Å². The smallest absolute Gasteiger partial charge is 0.221 e. The van der Waals surface area contributed by atoms with E-state index in [0.29, 0.717) is 6.42 Å². The van der Waals surface area contributed by atoms with E-state index in [4.69, 9.17) is 0 Å². The van der Waals surface area contributed by atoms with Crippen molar-refractivity contribution in [3.05, 3.63) is 22.4 Å². The topological polar surface area (TPSA) is 41.1 Å². The number of carbonyl (C=O) groups is 1. The van der Waals surface area contributed by atoms with E-state index in [1.807, 2.05) is 19.9 Å². The second-order valence-corrected chi connectivity index (χ2v) is 4.76. The molecular formula is C11H18N2OS. The number of rotatable bonds is 6. The summed E-state index contributed by atoms with van der Waals surface area (Å²) in [5.41, 5.74) is 0. The van der Waals surface area contributed by atoms with Crippen LogP contribution in [-0.2, 0) is 11.3 Å². The summed E-state index contributed by atoms with van der Waals surface area (Å²) in [6, 6.07) is 4.36. The molecule has 0 saturated heterocycles. The number of thiophene rings is 1. The average molecular weight is 226 g/mol. The Hall–Kier alpha value is -0.870. The van der Waals surface area contributed by atoms with Crippen molar-refractivity contribution in [2.24, 2.45) is 0 Å². The SMILES string of the molecule is CC(C)NC(=O)CCNCc1cccs1. The molecular weight excluding hydrogens is 208 g/mol. The van der Waals surface area contributed by atoms with Crippen LogP contribution in [-0.4, -0.2) is 18.5 Å². The number of carbonyl (C=O) groups excluding carboxylic acids is 1. The van der Waals surface area contributed by atoms with Crippen LogP contribution < -0.4 is 10.6 Å². The molecule has 0 spiro atoms. The van der Waals surface area contributed by atoms with Crippen molar-refractivity contribution in [2.45, 2.75) is 32.9 Å². The maximum absolute atomic E-state index is 11.3. The standard InChI is InChI=1S/C11H18N2OS/c1-9(2)13-11(14)5-6-12-8-10-4-3-7-15-10/h3-4,7,9,12H,5-6,8H2,1-2H3,(H,13,14). The molecule has 0 bridgehead atoms. The average Bonchev–Trinajstić information content (AvgIpc) is 2.63. The summed E-state index contributed by atoms with van der Waals surface area (Å²) in [4.78, 5) is 12.6. The lowest BCUT2D eigenvalue weighted by Crippen LogP contribution is -2.32. The third-order valence-electron chi connectivity index (χ3n) is 1.86. The zero-order valence-corrected chi connectivity index (χ0v) is 10.1. The van der Waals surface area contributed by atoms with Crippen LogP contribution in [0.5, 0.6) is 0 Å². The predicted molar refractivity (Wildman–Crippen MR) is 63.9 cm³/mol. The third kappa shape index (κ3) is 5.54. The Morgan fingerprint density at radius 1 is 1.53 bits per heavy atom. The second kappa shape index (κ2) is 6.58. The molecule has 0 fully saturated rings. The van der Waals surface area contributed by atoms with Gasteiger partial charge in [-0.25, -0.2) is 0 Å². The molecule has 3 nitrogen and oxygen atoms in total. The van der Waals surface area contributed by atoms with Crippen molar-refractivity contribution in [1.82, 2.24) is 10.6 Å². The Morgan fingerprint density at radius 3 is 2.93 bits per heavy atom. The van der Waals surface area contributed by atoms with Crippen LogP contribution >= 0.6 is 11.3 Å². The molecule has 0 aromatic carbocycles. The van der Waals surface area contributed by atoms with E-state index >= 15 is 0 Å². The molecule has 0 saturated carbocycles. The quantitative estimate of drug-likeness (QED) is 0.726. The van der Waals surface area contributed by atoms with Crippen LogP contribution in [0.4, 0.5) is 0 Å². The molecule has 1 aromatic rings. The first-order chi connectivity index (χ1) is 7.18. The second-order valence-electron chi connectivity index (χ2n) is 3.73. The molecule has 0 aliphatic carbocycles. The summed E-state index contributed by atoms with van der Waals surface area (Å²) in [5, 5.41) is 8.16. The highest BCUT2D eigenvalue weighted by atomic mass is 32.1. The van der Waals surface area contributed by atoms with Gasteiger partial charge in [-0.15, -0.1) is 11.3 Å². The van der Waals surface area contributed by atoms with Crippen molar-refractivity contribution in [3.8, 4) is 0 Å². The zero-order chi connectivity index (χ0) is 11.1. The molecule has 84 valence electrons. The Morgan fingerprint density at radius 2 is 2.33 bits per heavy atom. The van der Waals surface area contributed by atoms with Gasteiger partial charge in [0.2, 0.25) is 5.91 Å². The minimum Gasteiger partial charge on any atom is -0.354 e. The van der Waals surface area contributed by atoms with Crippen LogP contribution in [0.2, 0.25) is 0 Å². The number of hydrogen-bond acceptors (Lipinski definition) is 3. The first-order valence-electron chi connectivity index (χ1n) is 5.21. The molecule has 0 atom stereocenters. The maximum Gasteiger partial charge on any atom is 0.221 e. The highest BCUT2D eigenvalue weighted by Gasteiger charge is 2.02. The molecule has 15 heavy (non-hydrogen) atoms. The van der Waals surface area contributed by atoms with Crippen LogP contribution in [0.15, 0.2) is 17.5 Å². The van der Waals surface area contributed by atoms with Gasteiger partial charge in [0.05, 0.1) is 0 Å². The van der Waals surface area contributed by atoms with E-state index in [1.54, 1.807) is 11.3 Å². The van der Waals surface area contributed by atoms with Crippen molar-refractivity contribution >= 4 is 17.2 Å². The van der Waals surface area contributed by atoms with Gasteiger partial charge in [-0.3, -0.25) is 4.79 Å². The fourth-order valence-corrected chi connectivity index (χ4v) is 1.90. The van der Waals surface area contributed by atoms with Gasteiger partial charge in [0.25, 0.3) is 0 Å². The molecule has 0 aliphatic rings. The summed E-state index contributed by atoms with van der Waals surface area (Å²) in [6.45, 7) is 5.52. The normalized spacial score (nSPS) is 10.6. The fourth-order valence-electron chi connectivity index (χ4n) is 1.22. The number of amides is 1. The van der Waals surface area contributed by atoms with Gasteiger partial charge in [-0.05, 0) is 25.3 Å². The Bertz CT molecular complexity index is 283. The third-order valence-corrected chi connectivity index (χ3v) is 2.73. The summed E-state index contributed by atoms with van der Waals surface area (Å²) in [5.74, 6) is 0.115. The van der Waals surface area contributed by atoms with E-state index in [0.717, 1.165) is 13.1 Å². The molecule has 1 heterocycles. The molecule has 0 radical (unpaired) electrons. The van der Waals surface area contributed by atoms with E-state index < -0.39 is 0 Å². The largest absolute Gasteiger partial charge is 0.354 e. The molecule has 1 aromatic heterocycles. The molecule has 0 aliphatic heterocycles. The summed E-state index contributed by atoms with van der Waals surface area (Å²) < 4.78 is 0. The van der Waals surface area contributed by atoms with Crippen LogP contribution in [0.3, 0.4) is 0 Å². The lowest BCUT2D eigenvalue weighted by atomic mass is 10.3. The predicted octanol–water partition coefficient (Wildman–Crippen LogP) is 1.75. The van der Waals surface area contributed by atoms with E-state index in [-0.39, 0.29) is 11.9 Å². The van der Waals surface area contributed by atoms with Crippen molar-refractivity contribution in [3.63, 3.8) is 0 Å². The summed E-state index contributed by atoms with van der Waals surface area (Å²) in [6.07, 6.45) is 0.545. The number of nitrogens with one attached hydrogen (secondary N) is 2. The molecule has 4 heteroatoms. The van der Waals surface area contributed by atoms with Gasteiger partial charge in [-0.2, -0.15) is 0 Å².